The number of benzene rings is 1. The van der Waals surface area contributed by atoms with Crippen LogP contribution in [-0.4, -0.2) is 25.5 Å². The summed E-state index contributed by atoms with van der Waals surface area (Å²) in [6.45, 7) is 5.28. The largest absolute Gasteiger partial charge is 0.388 e. The highest BCUT2D eigenvalue weighted by molar-refractivity contribution is 6.30. The molecule has 2 heterocycles. The summed E-state index contributed by atoms with van der Waals surface area (Å²) in [4.78, 5) is 20.6. The Kier molecular flexibility index (Phi) is 5.58. The summed E-state index contributed by atoms with van der Waals surface area (Å²) < 4.78 is 15.8. The lowest BCUT2D eigenvalue weighted by Gasteiger charge is -2.20. The van der Waals surface area contributed by atoms with Crippen molar-refractivity contribution < 1.29 is 14.3 Å². The van der Waals surface area contributed by atoms with Crippen LogP contribution in [-0.2, 0) is 4.79 Å². The Labute approximate surface area is 178 Å². The molecule has 30 heavy (non-hydrogen) atoms. The quantitative estimate of drug-likeness (QED) is 0.571. The molecule has 2 N–H and O–H groups in total. The molecule has 3 atom stereocenters. The smallest absolute Gasteiger partial charge is 0.251 e. The van der Waals surface area contributed by atoms with Crippen molar-refractivity contribution >= 4 is 34.4 Å². The molecule has 1 aromatic carbocycles. The molecule has 3 unspecified atom stereocenters. The van der Waals surface area contributed by atoms with E-state index in [1.807, 2.05) is 12.3 Å². The predicted octanol–water partition coefficient (Wildman–Crippen LogP) is 4.81. The van der Waals surface area contributed by atoms with Crippen LogP contribution in [0.2, 0.25) is 5.02 Å². The highest BCUT2D eigenvalue weighted by Gasteiger charge is 2.32. The normalized spacial score (nSPS) is 19.7. The number of nitrogens with one attached hydrogen (secondary N) is 1. The molecule has 0 aliphatic heterocycles. The van der Waals surface area contributed by atoms with E-state index in [1.54, 1.807) is 13.0 Å². The van der Waals surface area contributed by atoms with Crippen molar-refractivity contribution in [1.29, 1.82) is 0 Å². The Morgan fingerprint density at radius 2 is 2.17 bits per heavy atom. The molecule has 1 aliphatic carbocycles. The van der Waals surface area contributed by atoms with Crippen LogP contribution in [0.1, 0.15) is 43.9 Å². The number of aromatic nitrogens is 3. The van der Waals surface area contributed by atoms with Gasteiger partial charge >= 0.3 is 0 Å². The molecule has 1 aliphatic rings. The number of carbonyl (C=O) groups is 1. The average Bonchev–Trinajstić information content (AvgIpc) is 3.37. The van der Waals surface area contributed by atoms with Crippen molar-refractivity contribution in [3.63, 3.8) is 0 Å². The van der Waals surface area contributed by atoms with Gasteiger partial charge in [-0.3, -0.25) is 4.79 Å². The Bertz CT molecular complexity index is 1130. The van der Waals surface area contributed by atoms with Gasteiger partial charge < -0.3 is 15.0 Å². The molecule has 156 valence electrons. The molecular weight excluding hydrogens is 407 g/mol. The fourth-order valence-corrected chi connectivity index (χ4v) is 4.20. The summed E-state index contributed by atoms with van der Waals surface area (Å²) in [5, 5.41) is 14.3. The second kappa shape index (κ2) is 8.16. The number of aliphatic hydroxyl groups is 1. The van der Waals surface area contributed by atoms with E-state index in [9.17, 15) is 14.3 Å². The van der Waals surface area contributed by atoms with E-state index in [2.05, 4.69) is 26.4 Å². The minimum Gasteiger partial charge on any atom is -0.388 e. The zero-order chi connectivity index (χ0) is 21.4. The monoisotopic (exact) mass is 428 g/mol. The van der Waals surface area contributed by atoms with Crippen molar-refractivity contribution in [3.05, 3.63) is 65.3 Å². The van der Waals surface area contributed by atoms with Crippen LogP contribution in [0.25, 0.3) is 11.0 Å². The first-order chi connectivity index (χ1) is 14.3. The van der Waals surface area contributed by atoms with Crippen molar-refractivity contribution in [1.82, 2.24) is 14.5 Å². The van der Waals surface area contributed by atoms with Gasteiger partial charge in [-0.15, -0.1) is 0 Å². The molecule has 1 fully saturated rings. The topological polar surface area (TPSA) is 80.0 Å². The first-order valence-electron chi connectivity index (χ1n) is 9.76. The number of nitrogens with zero attached hydrogens (tertiary/aromatic N) is 3. The van der Waals surface area contributed by atoms with Crippen LogP contribution in [0.3, 0.4) is 0 Å². The second-order valence-electron chi connectivity index (χ2n) is 7.76. The lowest BCUT2D eigenvalue weighted by molar-refractivity contribution is -0.112. The first kappa shape index (κ1) is 20.5. The Morgan fingerprint density at radius 1 is 1.37 bits per heavy atom. The summed E-state index contributed by atoms with van der Waals surface area (Å²) in [5.74, 6) is -0.377. The number of carbonyl (C=O) groups excluding carboxylic acids is 1. The van der Waals surface area contributed by atoms with E-state index in [0.29, 0.717) is 17.0 Å². The van der Waals surface area contributed by atoms with Crippen LogP contribution in [0.5, 0.6) is 0 Å². The highest BCUT2D eigenvalue weighted by Crippen LogP contribution is 2.43. The SMILES string of the molecule is C=C(C)C(=O)Nc1ncnc2c1ccn2C1CCC(C(O)c2ccc(Cl)c(F)c2)C1. The van der Waals surface area contributed by atoms with Crippen LogP contribution < -0.4 is 5.32 Å². The van der Waals surface area contributed by atoms with Crippen LogP contribution in [0.4, 0.5) is 10.2 Å². The van der Waals surface area contributed by atoms with E-state index in [4.69, 9.17) is 11.6 Å². The summed E-state index contributed by atoms with van der Waals surface area (Å²) in [5.41, 5.74) is 1.65. The van der Waals surface area contributed by atoms with Crippen molar-refractivity contribution in [2.24, 2.45) is 5.92 Å². The van der Waals surface area contributed by atoms with Gasteiger partial charge in [0, 0.05) is 17.8 Å². The van der Waals surface area contributed by atoms with E-state index in [1.165, 1.54) is 18.5 Å². The van der Waals surface area contributed by atoms with E-state index in [0.717, 1.165) is 30.3 Å². The molecule has 2 aromatic heterocycles. The van der Waals surface area contributed by atoms with Gasteiger partial charge in [-0.05, 0) is 55.9 Å². The number of anilines is 1. The van der Waals surface area contributed by atoms with Gasteiger partial charge in [-0.25, -0.2) is 14.4 Å². The van der Waals surface area contributed by atoms with Gasteiger partial charge in [0.15, 0.2) is 0 Å². The molecule has 4 rings (SSSR count). The van der Waals surface area contributed by atoms with Gasteiger partial charge in [-0.1, -0.05) is 24.2 Å². The minimum atomic E-state index is -0.761. The van der Waals surface area contributed by atoms with Gasteiger partial charge in [0.1, 0.15) is 23.6 Å². The second-order valence-corrected chi connectivity index (χ2v) is 8.17. The summed E-state index contributed by atoms with van der Waals surface area (Å²) >= 11 is 5.75. The van der Waals surface area contributed by atoms with E-state index >= 15 is 0 Å². The lowest BCUT2D eigenvalue weighted by atomic mass is 9.94. The third-order valence-electron chi connectivity index (χ3n) is 5.70. The highest BCUT2D eigenvalue weighted by atomic mass is 35.5. The summed E-state index contributed by atoms with van der Waals surface area (Å²) in [7, 11) is 0. The number of fused-ring (bicyclic) bond motifs is 1. The van der Waals surface area contributed by atoms with Gasteiger partial charge in [0.05, 0.1) is 16.5 Å². The third-order valence-corrected chi connectivity index (χ3v) is 6.01. The van der Waals surface area contributed by atoms with Gasteiger partial charge in [0.25, 0.3) is 5.91 Å². The average molecular weight is 429 g/mol. The predicted molar refractivity (Wildman–Crippen MR) is 114 cm³/mol. The van der Waals surface area contributed by atoms with E-state index in [-0.39, 0.29) is 22.9 Å². The molecule has 0 spiro atoms. The fourth-order valence-electron chi connectivity index (χ4n) is 4.08. The molecule has 1 amide bonds. The van der Waals surface area contributed by atoms with Gasteiger partial charge in [0.2, 0.25) is 0 Å². The summed E-state index contributed by atoms with van der Waals surface area (Å²) in [6, 6.07) is 6.45. The van der Waals surface area contributed by atoms with Crippen LogP contribution in [0, 0.1) is 11.7 Å². The molecule has 0 radical (unpaired) electrons. The third kappa shape index (κ3) is 3.82. The minimum absolute atomic E-state index is 0.00236. The van der Waals surface area contributed by atoms with Crippen molar-refractivity contribution in [2.45, 2.75) is 38.3 Å². The first-order valence-corrected chi connectivity index (χ1v) is 10.1. The van der Waals surface area contributed by atoms with Crippen LogP contribution >= 0.6 is 11.6 Å². The van der Waals surface area contributed by atoms with Crippen molar-refractivity contribution in [3.8, 4) is 0 Å². The maximum atomic E-state index is 13.8. The number of hydrogen-bond donors (Lipinski definition) is 2. The molecule has 3 aromatic rings. The Hall–Kier alpha value is -2.77. The summed E-state index contributed by atoms with van der Waals surface area (Å²) in [6.07, 6.45) is 4.98. The molecular formula is C22H22ClFN4O2. The number of hydrogen-bond acceptors (Lipinski definition) is 4. The number of halogens is 2. The zero-order valence-electron chi connectivity index (χ0n) is 16.5. The standard InChI is InChI=1S/C22H22ClFN4O2/c1-12(2)22(30)27-20-16-7-8-28(21(16)26-11-25-20)15-5-3-13(9-15)19(29)14-4-6-17(23)18(24)10-14/h4,6-8,10-11,13,15,19,29H,1,3,5,9H2,2H3,(H,25,26,27,30). The van der Waals surface area contributed by atoms with Crippen molar-refractivity contribution in [2.75, 3.05) is 5.32 Å². The zero-order valence-corrected chi connectivity index (χ0v) is 17.2. The Morgan fingerprint density at radius 3 is 2.90 bits per heavy atom. The number of aliphatic hydroxyl groups excluding tert-OH is 1. The fraction of sp³-hybridized carbons (Fsp3) is 0.318. The maximum Gasteiger partial charge on any atom is 0.251 e. The lowest BCUT2D eigenvalue weighted by Crippen LogP contribution is -2.14. The number of amides is 1. The van der Waals surface area contributed by atoms with Gasteiger partial charge in [-0.2, -0.15) is 0 Å². The maximum absolute atomic E-state index is 13.8. The van der Waals surface area contributed by atoms with Crippen LogP contribution in [0.15, 0.2) is 48.9 Å². The Balaban J connectivity index is 1.55. The molecule has 1 saturated carbocycles. The molecule has 0 saturated heterocycles. The van der Waals surface area contributed by atoms with E-state index < -0.39 is 11.9 Å². The number of rotatable bonds is 5. The molecule has 6 nitrogen and oxygen atoms in total. The molecule has 8 heteroatoms. The molecule has 0 bridgehead atoms.